The van der Waals surface area contributed by atoms with Crippen molar-refractivity contribution in [3.63, 3.8) is 0 Å². The first kappa shape index (κ1) is 20.9. The standard InChI is InChI=1S/C16H15F9O/c1-2-11(26)7-6-9-4-3-5-10(8-9)12(17)13(18,19)15(22,23)16(24,25)14(12,20)21/h3-5,8,11,26H,2,6-7H2,1H3. The van der Waals surface area contributed by atoms with Gasteiger partial charge < -0.3 is 5.11 Å². The Labute approximate surface area is 142 Å². The maximum atomic E-state index is 14.7. The molecular formula is C16H15F9O. The van der Waals surface area contributed by atoms with Gasteiger partial charge in [0.25, 0.3) is 5.67 Å². The average Bonchev–Trinajstić information content (AvgIpc) is 2.62. The maximum absolute atomic E-state index is 14.7. The van der Waals surface area contributed by atoms with Gasteiger partial charge in [-0.1, -0.05) is 31.2 Å². The Hall–Kier alpha value is -1.45. The average molecular weight is 394 g/mol. The second kappa shape index (κ2) is 6.03. The van der Waals surface area contributed by atoms with Gasteiger partial charge in [-0.2, -0.15) is 35.1 Å². The second-order valence-electron chi connectivity index (χ2n) is 6.26. The summed E-state index contributed by atoms with van der Waals surface area (Å²) in [7, 11) is 0. The Balaban J connectivity index is 2.56. The quantitative estimate of drug-likeness (QED) is 0.689. The largest absolute Gasteiger partial charge is 0.393 e. The van der Waals surface area contributed by atoms with Gasteiger partial charge in [0.1, 0.15) is 0 Å². The molecule has 0 amide bonds. The number of alkyl halides is 9. The topological polar surface area (TPSA) is 20.2 Å². The summed E-state index contributed by atoms with van der Waals surface area (Å²) < 4.78 is 123. The van der Waals surface area contributed by atoms with E-state index in [1.54, 1.807) is 6.92 Å². The molecule has 1 saturated carbocycles. The van der Waals surface area contributed by atoms with E-state index in [1.807, 2.05) is 0 Å². The lowest BCUT2D eigenvalue weighted by Gasteiger charge is -2.31. The molecule has 10 heteroatoms. The van der Waals surface area contributed by atoms with Crippen LogP contribution in [0, 0.1) is 0 Å². The van der Waals surface area contributed by atoms with Crippen LogP contribution in [-0.2, 0) is 12.1 Å². The van der Waals surface area contributed by atoms with Crippen LogP contribution < -0.4 is 0 Å². The smallest absolute Gasteiger partial charge is 0.382 e. The van der Waals surface area contributed by atoms with Gasteiger partial charge in [0.05, 0.1) is 6.10 Å². The lowest BCUT2D eigenvalue weighted by molar-refractivity contribution is -0.303. The number of rotatable bonds is 5. The molecule has 1 nitrogen and oxygen atoms in total. The fourth-order valence-electron chi connectivity index (χ4n) is 2.87. The van der Waals surface area contributed by atoms with Crippen LogP contribution in [0.5, 0.6) is 0 Å². The summed E-state index contributed by atoms with van der Waals surface area (Å²) in [6, 6.07) is 2.77. The van der Waals surface area contributed by atoms with Crippen molar-refractivity contribution in [1.82, 2.24) is 0 Å². The number of hydrogen-bond donors (Lipinski definition) is 1. The Bertz CT molecular complexity index is 645. The van der Waals surface area contributed by atoms with E-state index in [2.05, 4.69) is 0 Å². The van der Waals surface area contributed by atoms with Gasteiger partial charge in [0.15, 0.2) is 0 Å². The van der Waals surface area contributed by atoms with Crippen LogP contribution in [0.2, 0.25) is 0 Å². The van der Waals surface area contributed by atoms with Gasteiger partial charge in [0, 0.05) is 5.56 Å². The van der Waals surface area contributed by atoms with Crippen LogP contribution in [-0.4, -0.2) is 34.9 Å². The van der Waals surface area contributed by atoms with E-state index in [0.717, 1.165) is 6.07 Å². The molecule has 0 radical (unpaired) electrons. The van der Waals surface area contributed by atoms with Crippen molar-refractivity contribution in [2.24, 2.45) is 0 Å². The van der Waals surface area contributed by atoms with Crippen molar-refractivity contribution in [2.75, 3.05) is 0 Å². The highest BCUT2D eigenvalue weighted by Crippen LogP contribution is 2.72. The first-order valence-corrected chi connectivity index (χ1v) is 7.66. The lowest BCUT2D eigenvalue weighted by atomic mass is 9.86. The molecule has 0 aromatic heterocycles. The number of benzene rings is 1. The van der Waals surface area contributed by atoms with Crippen molar-refractivity contribution in [1.29, 1.82) is 0 Å². The monoisotopic (exact) mass is 394 g/mol. The van der Waals surface area contributed by atoms with E-state index >= 15 is 0 Å². The lowest BCUT2D eigenvalue weighted by Crippen LogP contribution is -2.52. The van der Waals surface area contributed by atoms with Crippen molar-refractivity contribution < 1.29 is 44.6 Å². The van der Waals surface area contributed by atoms with E-state index < -0.39 is 41.0 Å². The van der Waals surface area contributed by atoms with E-state index in [9.17, 15) is 44.6 Å². The van der Waals surface area contributed by atoms with E-state index in [-0.39, 0.29) is 18.4 Å². The molecule has 0 saturated heterocycles. The minimum atomic E-state index is -6.59. The van der Waals surface area contributed by atoms with Crippen molar-refractivity contribution in [2.45, 2.75) is 61.6 Å². The third-order valence-electron chi connectivity index (χ3n) is 4.61. The van der Waals surface area contributed by atoms with E-state index in [0.29, 0.717) is 18.6 Å². The first-order valence-electron chi connectivity index (χ1n) is 7.66. The minimum absolute atomic E-state index is 0.0443. The van der Waals surface area contributed by atoms with Gasteiger partial charge in [-0.05, 0) is 24.8 Å². The SMILES string of the molecule is CCC(O)CCc1cccc(C2(F)C(F)(F)C(F)(F)C(F)(F)C2(F)F)c1. The molecule has 0 heterocycles. The molecule has 26 heavy (non-hydrogen) atoms. The highest BCUT2D eigenvalue weighted by Gasteiger charge is 3.00. The van der Waals surface area contributed by atoms with Crippen LogP contribution in [0.3, 0.4) is 0 Å². The Morgan fingerprint density at radius 2 is 1.35 bits per heavy atom. The molecule has 0 aliphatic heterocycles. The fraction of sp³-hybridized carbons (Fsp3) is 0.625. The van der Waals surface area contributed by atoms with Crippen molar-refractivity contribution in [3.05, 3.63) is 35.4 Å². The minimum Gasteiger partial charge on any atom is -0.393 e. The zero-order valence-electron chi connectivity index (χ0n) is 13.4. The van der Waals surface area contributed by atoms with Gasteiger partial charge in [-0.15, -0.1) is 0 Å². The summed E-state index contributed by atoms with van der Waals surface area (Å²) in [5.74, 6) is -25.9. The second-order valence-corrected chi connectivity index (χ2v) is 6.26. The maximum Gasteiger partial charge on any atom is 0.382 e. The first-order chi connectivity index (χ1) is 11.7. The van der Waals surface area contributed by atoms with Gasteiger partial charge in [-0.3, -0.25) is 0 Å². The molecule has 1 unspecified atom stereocenters. The molecule has 148 valence electrons. The Morgan fingerprint density at radius 1 is 0.846 bits per heavy atom. The summed E-state index contributed by atoms with van der Waals surface area (Å²) in [6.45, 7) is 1.63. The number of aryl methyl sites for hydroxylation is 1. The highest BCUT2D eigenvalue weighted by molar-refractivity contribution is 5.40. The van der Waals surface area contributed by atoms with Gasteiger partial charge in [0.2, 0.25) is 0 Å². The predicted octanol–water partition coefficient (Wildman–Crippen LogP) is 5.11. The highest BCUT2D eigenvalue weighted by atomic mass is 19.4. The molecule has 1 aliphatic rings. The van der Waals surface area contributed by atoms with Crippen molar-refractivity contribution in [3.8, 4) is 0 Å². The molecule has 1 fully saturated rings. The van der Waals surface area contributed by atoms with Crippen molar-refractivity contribution >= 4 is 0 Å². The molecule has 1 N–H and O–H groups in total. The third-order valence-corrected chi connectivity index (χ3v) is 4.61. The van der Waals surface area contributed by atoms with Gasteiger partial charge in [-0.25, -0.2) is 4.39 Å². The fourth-order valence-corrected chi connectivity index (χ4v) is 2.87. The van der Waals surface area contributed by atoms with Crippen LogP contribution >= 0.6 is 0 Å². The number of halogens is 9. The summed E-state index contributed by atoms with van der Waals surface area (Å²) >= 11 is 0. The van der Waals surface area contributed by atoms with Gasteiger partial charge >= 0.3 is 23.7 Å². The number of aliphatic hydroxyl groups excluding tert-OH is 1. The normalized spacial score (nSPS) is 25.8. The molecule has 1 aliphatic carbocycles. The molecule has 1 aromatic carbocycles. The summed E-state index contributed by atoms with van der Waals surface area (Å²) in [4.78, 5) is 0. The molecule has 1 atom stereocenters. The molecule has 0 spiro atoms. The van der Waals surface area contributed by atoms with E-state index in [1.165, 1.54) is 6.07 Å². The zero-order chi connectivity index (χ0) is 20.2. The summed E-state index contributed by atoms with van der Waals surface area (Å²) in [5, 5.41) is 9.44. The molecule has 1 aromatic rings. The van der Waals surface area contributed by atoms with Crippen LogP contribution in [0.1, 0.15) is 30.9 Å². The molecular weight excluding hydrogens is 379 g/mol. The number of aliphatic hydroxyl groups is 1. The van der Waals surface area contributed by atoms with Crippen LogP contribution in [0.25, 0.3) is 0 Å². The molecule has 2 rings (SSSR count). The van der Waals surface area contributed by atoms with Crippen LogP contribution in [0.4, 0.5) is 39.5 Å². The van der Waals surface area contributed by atoms with E-state index in [4.69, 9.17) is 0 Å². The Kier molecular flexibility index (Phi) is 4.84. The third kappa shape index (κ3) is 2.36. The number of hydrogen-bond acceptors (Lipinski definition) is 1. The molecule has 0 bridgehead atoms. The predicted molar refractivity (Wildman–Crippen MR) is 73.6 cm³/mol. The summed E-state index contributed by atoms with van der Waals surface area (Å²) in [5.41, 5.74) is -7.32. The summed E-state index contributed by atoms with van der Waals surface area (Å²) in [6.07, 6.45) is -0.524. The zero-order valence-corrected chi connectivity index (χ0v) is 13.4. The van der Waals surface area contributed by atoms with Crippen LogP contribution in [0.15, 0.2) is 24.3 Å². The Morgan fingerprint density at radius 3 is 1.81 bits per heavy atom.